The summed E-state index contributed by atoms with van der Waals surface area (Å²) in [5, 5.41) is 0. The molecule has 0 aliphatic carbocycles. The predicted octanol–water partition coefficient (Wildman–Crippen LogP) is 3.33. The van der Waals surface area contributed by atoms with Crippen molar-refractivity contribution in [3.63, 3.8) is 0 Å². The Bertz CT molecular complexity index is 758. The molecule has 112 valence electrons. The van der Waals surface area contributed by atoms with Gasteiger partial charge < -0.3 is 5.73 Å². The SMILES string of the molecule is CC(C)c1ccccc1NS(=O)(=O)c1ccc(N)cc1F. The molecule has 0 bridgehead atoms. The van der Waals surface area contributed by atoms with E-state index in [2.05, 4.69) is 4.72 Å². The summed E-state index contributed by atoms with van der Waals surface area (Å²) in [7, 11) is -4.00. The second-order valence-electron chi connectivity index (χ2n) is 5.04. The third-order valence-corrected chi connectivity index (χ3v) is 4.47. The molecule has 0 unspecified atom stereocenters. The number of rotatable bonds is 4. The van der Waals surface area contributed by atoms with Gasteiger partial charge >= 0.3 is 0 Å². The lowest BCUT2D eigenvalue weighted by Crippen LogP contribution is -2.16. The lowest BCUT2D eigenvalue weighted by atomic mass is 10.0. The summed E-state index contributed by atoms with van der Waals surface area (Å²) in [6, 6.07) is 10.5. The first-order valence-corrected chi connectivity index (χ1v) is 7.96. The fourth-order valence-electron chi connectivity index (χ4n) is 2.03. The highest BCUT2D eigenvalue weighted by Gasteiger charge is 2.20. The average molecular weight is 308 g/mol. The van der Waals surface area contributed by atoms with Gasteiger partial charge in [-0.05, 0) is 35.7 Å². The number of halogens is 1. The van der Waals surface area contributed by atoms with Crippen LogP contribution in [0.4, 0.5) is 15.8 Å². The third-order valence-electron chi connectivity index (χ3n) is 3.07. The van der Waals surface area contributed by atoms with Crippen molar-refractivity contribution in [1.29, 1.82) is 0 Å². The molecule has 0 spiro atoms. The maximum absolute atomic E-state index is 13.8. The number of nitrogens with one attached hydrogen (secondary N) is 1. The summed E-state index contributed by atoms with van der Waals surface area (Å²) >= 11 is 0. The highest BCUT2D eigenvalue weighted by molar-refractivity contribution is 7.92. The second-order valence-corrected chi connectivity index (χ2v) is 6.69. The summed E-state index contributed by atoms with van der Waals surface area (Å²) in [5.41, 5.74) is 6.90. The van der Waals surface area contributed by atoms with Crippen LogP contribution in [0.5, 0.6) is 0 Å². The molecule has 0 aromatic heterocycles. The molecule has 2 aromatic carbocycles. The van der Waals surface area contributed by atoms with Gasteiger partial charge in [0.2, 0.25) is 0 Å². The lowest BCUT2D eigenvalue weighted by molar-refractivity contribution is 0.571. The molecule has 6 heteroatoms. The van der Waals surface area contributed by atoms with Gasteiger partial charge in [0.25, 0.3) is 10.0 Å². The summed E-state index contributed by atoms with van der Waals surface area (Å²) < 4.78 is 40.9. The smallest absolute Gasteiger partial charge is 0.264 e. The Morgan fingerprint density at radius 2 is 1.81 bits per heavy atom. The van der Waals surface area contributed by atoms with Crippen LogP contribution in [-0.4, -0.2) is 8.42 Å². The maximum atomic E-state index is 13.8. The monoisotopic (exact) mass is 308 g/mol. The molecular weight excluding hydrogens is 291 g/mol. The molecule has 2 aromatic rings. The number of anilines is 2. The van der Waals surface area contributed by atoms with Gasteiger partial charge in [-0.25, -0.2) is 12.8 Å². The molecule has 2 rings (SSSR count). The van der Waals surface area contributed by atoms with Gasteiger partial charge in [-0.3, -0.25) is 4.72 Å². The predicted molar refractivity (Wildman–Crippen MR) is 82.2 cm³/mol. The molecule has 0 atom stereocenters. The van der Waals surface area contributed by atoms with Crippen LogP contribution in [0.1, 0.15) is 25.3 Å². The maximum Gasteiger partial charge on any atom is 0.264 e. The summed E-state index contributed by atoms with van der Waals surface area (Å²) in [4.78, 5) is -0.421. The van der Waals surface area contributed by atoms with Crippen molar-refractivity contribution in [2.24, 2.45) is 0 Å². The Morgan fingerprint density at radius 3 is 2.43 bits per heavy atom. The standard InChI is InChI=1S/C15H17FN2O2S/c1-10(2)12-5-3-4-6-14(12)18-21(19,20)15-8-7-11(17)9-13(15)16/h3-10,18H,17H2,1-2H3. The van der Waals surface area contributed by atoms with Crippen LogP contribution >= 0.6 is 0 Å². The Balaban J connectivity index is 2.43. The fraction of sp³-hybridized carbons (Fsp3) is 0.200. The Hall–Kier alpha value is -2.08. The molecule has 4 nitrogen and oxygen atoms in total. The minimum absolute atomic E-state index is 0.139. The number of hydrogen-bond donors (Lipinski definition) is 2. The molecular formula is C15H17FN2O2S. The quantitative estimate of drug-likeness (QED) is 0.851. The minimum Gasteiger partial charge on any atom is -0.399 e. The van der Waals surface area contributed by atoms with Crippen LogP contribution in [0.2, 0.25) is 0 Å². The number of sulfonamides is 1. The molecule has 21 heavy (non-hydrogen) atoms. The summed E-state index contributed by atoms with van der Waals surface area (Å²) in [6.07, 6.45) is 0. The normalized spacial score (nSPS) is 11.6. The lowest BCUT2D eigenvalue weighted by Gasteiger charge is -2.15. The van der Waals surface area contributed by atoms with Crippen molar-refractivity contribution in [2.45, 2.75) is 24.7 Å². The van der Waals surface area contributed by atoms with Gasteiger partial charge in [0.1, 0.15) is 10.7 Å². The molecule has 0 amide bonds. The van der Waals surface area contributed by atoms with E-state index in [1.165, 1.54) is 6.07 Å². The molecule has 0 saturated carbocycles. The zero-order valence-electron chi connectivity index (χ0n) is 11.8. The van der Waals surface area contributed by atoms with E-state index in [4.69, 9.17) is 5.73 Å². The van der Waals surface area contributed by atoms with Gasteiger partial charge in [-0.1, -0.05) is 32.0 Å². The summed E-state index contributed by atoms with van der Waals surface area (Å²) in [5.74, 6) is -0.732. The van der Waals surface area contributed by atoms with E-state index in [-0.39, 0.29) is 11.6 Å². The number of para-hydroxylation sites is 1. The first-order chi connectivity index (χ1) is 9.81. The van der Waals surface area contributed by atoms with E-state index in [1.807, 2.05) is 26.0 Å². The van der Waals surface area contributed by atoms with Crippen molar-refractivity contribution in [2.75, 3.05) is 10.5 Å². The van der Waals surface area contributed by atoms with Crippen molar-refractivity contribution in [1.82, 2.24) is 0 Å². The highest BCUT2D eigenvalue weighted by atomic mass is 32.2. The minimum atomic E-state index is -4.00. The fourth-order valence-corrected chi connectivity index (χ4v) is 3.18. The second kappa shape index (κ2) is 5.73. The molecule has 3 N–H and O–H groups in total. The molecule has 0 saturated heterocycles. The van der Waals surface area contributed by atoms with Crippen molar-refractivity contribution >= 4 is 21.4 Å². The van der Waals surface area contributed by atoms with E-state index in [0.717, 1.165) is 17.7 Å². The van der Waals surface area contributed by atoms with Gasteiger partial charge in [0.15, 0.2) is 0 Å². The van der Waals surface area contributed by atoms with E-state index < -0.39 is 20.7 Å². The number of nitrogen functional groups attached to an aromatic ring is 1. The van der Waals surface area contributed by atoms with Crippen LogP contribution in [0.3, 0.4) is 0 Å². The van der Waals surface area contributed by atoms with Gasteiger partial charge in [0, 0.05) is 5.69 Å². The van der Waals surface area contributed by atoms with Crippen molar-refractivity contribution in [3.05, 3.63) is 53.8 Å². The van der Waals surface area contributed by atoms with E-state index in [9.17, 15) is 12.8 Å². The van der Waals surface area contributed by atoms with Crippen molar-refractivity contribution < 1.29 is 12.8 Å². The molecule has 0 radical (unpaired) electrons. The van der Waals surface area contributed by atoms with Crippen LogP contribution < -0.4 is 10.5 Å². The molecule has 0 fully saturated rings. The molecule has 0 aliphatic heterocycles. The van der Waals surface area contributed by atoms with E-state index in [1.54, 1.807) is 12.1 Å². The third kappa shape index (κ3) is 3.33. The van der Waals surface area contributed by atoms with Crippen LogP contribution in [0, 0.1) is 5.82 Å². The molecule has 0 aliphatic rings. The first-order valence-electron chi connectivity index (χ1n) is 6.48. The number of hydrogen-bond acceptors (Lipinski definition) is 3. The van der Waals surface area contributed by atoms with E-state index in [0.29, 0.717) is 5.69 Å². The number of benzene rings is 2. The van der Waals surface area contributed by atoms with Gasteiger partial charge in [-0.15, -0.1) is 0 Å². The average Bonchev–Trinajstić information content (AvgIpc) is 2.37. The Labute approximate surface area is 123 Å². The van der Waals surface area contributed by atoms with Crippen molar-refractivity contribution in [3.8, 4) is 0 Å². The summed E-state index contributed by atoms with van der Waals surface area (Å²) in [6.45, 7) is 3.91. The Morgan fingerprint density at radius 1 is 1.14 bits per heavy atom. The topological polar surface area (TPSA) is 72.2 Å². The van der Waals surface area contributed by atoms with E-state index >= 15 is 0 Å². The van der Waals surface area contributed by atoms with Crippen LogP contribution in [-0.2, 0) is 10.0 Å². The largest absolute Gasteiger partial charge is 0.399 e. The number of nitrogens with two attached hydrogens (primary N) is 1. The Kier molecular flexibility index (Phi) is 4.18. The first kappa shape index (κ1) is 15.3. The zero-order chi connectivity index (χ0) is 15.6. The van der Waals surface area contributed by atoms with Gasteiger partial charge in [-0.2, -0.15) is 0 Å². The zero-order valence-corrected chi connectivity index (χ0v) is 12.6. The van der Waals surface area contributed by atoms with Crippen LogP contribution in [0.25, 0.3) is 0 Å². The van der Waals surface area contributed by atoms with Crippen LogP contribution in [0.15, 0.2) is 47.4 Å². The van der Waals surface area contributed by atoms with Gasteiger partial charge in [0.05, 0.1) is 5.69 Å². The highest BCUT2D eigenvalue weighted by Crippen LogP contribution is 2.27. The molecule has 0 heterocycles.